The molecule has 8 nitrogen and oxygen atoms in total. The number of nitrogens with one attached hydrogen (secondary N) is 1. The van der Waals surface area contributed by atoms with Gasteiger partial charge < -0.3 is 30.6 Å². The van der Waals surface area contributed by atoms with Gasteiger partial charge in [-0.2, -0.15) is 0 Å². The van der Waals surface area contributed by atoms with Gasteiger partial charge in [0.25, 0.3) is 0 Å². The van der Waals surface area contributed by atoms with E-state index in [0.29, 0.717) is 0 Å². The van der Waals surface area contributed by atoms with Crippen LogP contribution in [0.2, 0.25) is 0 Å². The molecule has 0 bridgehead atoms. The molecular formula is C14H21NO7. The molecule has 8 heteroatoms. The second-order valence-electron chi connectivity index (χ2n) is 4.90. The first-order chi connectivity index (χ1) is 10.4. The lowest BCUT2D eigenvalue weighted by molar-refractivity contribution is -0.153. The maximum absolute atomic E-state index is 11.2. The first kappa shape index (κ1) is 18.5. The van der Waals surface area contributed by atoms with Gasteiger partial charge in [-0.1, -0.05) is 30.3 Å². The van der Waals surface area contributed by atoms with E-state index >= 15 is 0 Å². The van der Waals surface area contributed by atoms with Gasteiger partial charge in [0.1, 0.15) is 30.5 Å². The highest BCUT2D eigenvalue weighted by Gasteiger charge is 2.37. The Morgan fingerprint density at radius 3 is 2.09 bits per heavy atom. The fraction of sp³-hybridized carbons (Fsp3) is 0.500. The van der Waals surface area contributed by atoms with Crippen LogP contribution >= 0.6 is 0 Å². The first-order valence-corrected chi connectivity index (χ1v) is 6.71. The summed E-state index contributed by atoms with van der Waals surface area (Å²) < 4.78 is 0. The fourth-order valence-electron chi connectivity index (χ4n) is 1.91. The van der Waals surface area contributed by atoms with E-state index < -0.39 is 43.0 Å². The van der Waals surface area contributed by atoms with Crippen molar-refractivity contribution in [2.24, 2.45) is 0 Å². The van der Waals surface area contributed by atoms with Crippen molar-refractivity contribution in [1.82, 2.24) is 5.32 Å². The molecule has 0 saturated carbocycles. The zero-order chi connectivity index (χ0) is 16.7. The van der Waals surface area contributed by atoms with Gasteiger partial charge in [-0.3, -0.25) is 10.1 Å². The second-order valence-corrected chi connectivity index (χ2v) is 4.90. The average Bonchev–Trinajstić information content (AvgIpc) is 2.53. The van der Waals surface area contributed by atoms with E-state index in [9.17, 15) is 25.2 Å². The van der Waals surface area contributed by atoms with Crippen molar-refractivity contribution in [3.05, 3.63) is 35.9 Å². The third-order valence-corrected chi connectivity index (χ3v) is 3.26. The highest BCUT2D eigenvalue weighted by molar-refractivity contribution is 5.74. The topological polar surface area (TPSA) is 150 Å². The Balaban J connectivity index is 2.71. The number of aliphatic hydroxyl groups excluding tert-OH is 5. The van der Waals surface area contributed by atoms with E-state index in [1.54, 1.807) is 30.3 Å². The van der Waals surface area contributed by atoms with E-state index in [0.717, 1.165) is 5.56 Å². The predicted octanol–water partition coefficient (Wildman–Crippen LogP) is -2.33. The zero-order valence-corrected chi connectivity index (χ0v) is 11.8. The van der Waals surface area contributed by atoms with Crippen molar-refractivity contribution in [2.45, 2.75) is 37.0 Å². The van der Waals surface area contributed by atoms with Crippen molar-refractivity contribution in [3.8, 4) is 0 Å². The molecule has 22 heavy (non-hydrogen) atoms. The van der Waals surface area contributed by atoms with Gasteiger partial charge in [0.15, 0.2) is 0 Å². The van der Waals surface area contributed by atoms with Crippen LogP contribution in [0.4, 0.5) is 0 Å². The van der Waals surface area contributed by atoms with Crippen LogP contribution in [-0.4, -0.2) is 73.7 Å². The maximum atomic E-state index is 11.2. The van der Waals surface area contributed by atoms with Crippen LogP contribution in [-0.2, 0) is 11.3 Å². The Morgan fingerprint density at radius 2 is 1.59 bits per heavy atom. The highest BCUT2D eigenvalue weighted by atomic mass is 16.4. The summed E-state index contributed by atoms with van der Waals surface area (Å²) in [5, 5.41) is 58.8. The number of rotatable bonds is 9. The maximum Gasteiger partial charge on any atom is 0.323 e. The molecule has 0 aromatic heterocycles. The Morgan fingerprint density at radius 1 is 1.00 bits per heavy atom. The number of carbonyl (C=O) groups is 1. The smallest absolute Gasteiger partial charge is 0.323 e. The largest absolute Gasteiger partial charge is 0.480 e. The molecule has 0 aliphatic heterocycles. The average molecular weight is 315 g/mol. The molecule has 0 spiro atoms. The van der Waals surface area contributed by atoms with E-state index in [1.165, 1.54) is 0 Å². The summed E-state index contributed by atoms with van der Waals surface area (Å²) >= 11 is 0. The summed E-state index contributed by atoms with van der Waals surface area (Å²) in [6.45, 7) is -0.708. The molecule has 0 radical (unpaired) electrons. The predicted molar refractivity (Wildman–Crippen MR) is 75.8 cm³/mol. The number of aliphatic hydroxyl groups is 5. The number of carboxylic acids is 1. The fourth-order valence-corrected chi connectivity index (χ4v) is 1.91. The molecule has 0 aliphatic rings. The van der Waals surface area contributed by atoms with Crippen LogP contribution in [0, 0.1) is 0 Å². The van der Waals surface area contributed by atoms with Gasteiger partial charge in [-0.25, -0.2) is 0 Å². The van der Waals surface area contributed by atoms with Crippen molar-refractivity contribution in [1.29, 1.82) is 0 Å². The Bertz CT molecular complexity index is 456. The van der Waals surface area contributed by atoms with Gasteiger partial charge in [-0.15, -0.1) is 0 Å². The molecule has 0 saturated heterocycles. The molecule has 1 aromatic carbocycles. The van der Waals surface area contributed by atoms with Crippen LogP contribution in [0.3, 0.4) is 0 Å². The first-order valence-electron chi connectivity index (χ1n) is 6.71. The summed E-state index contributed by atoms with van der Waals surface area (Å²) in [5.41, 5.74) is 0.770. The van der Waals surface area contributed by atoms with E-state index in [2.05, 4.69) is 5.32 Å². The van der Waals surface area contributed by atoms with Crippen LogP contribution in [0.15, 0.2) is 30.3 Å². The lowest BCUT2D eigenvalue weighted by atomic mass is 9.97. The molecule has 0 amide bonds. The molecule has 0 fully saturated rings. The summed E-state index contributed by atoms with van der Waals surface area (Å²) in [4.78, 5) is 11.2. The minimum Gasteiger partial charge on any atom is -0.480 e. The molecule has 0 aliphatic carbocycles. The molecular weight excluding hydrogens is 294 g/mol. The standard InChI is InChI=1S/C14H21NO7/c16-7-9(17)11(18)13(20)12(19)10(14(21)22)15-6-8-4-2-1-3-5-8/h1-5,9-13,15-20H,6-7H2,(H,21,22)/t9-,10+,11-,12-,13+/m1/s1. The zero-order valence-electron chi connectivity index (χ0n) is 11.8. The van der Waals surface area contributed by atoms with Crippen LogP contribution < -0.4 is 5.32 Å². The van der Waals surface area contributed by atoms with Gasteiger partial charge in [0, 0.05) is 6.54 Å². The third kappa shape index (κ3) is 5.02. The number of benzene rings is 1. The lowest BCUT2D eigenvalue weighted by Gasteiger charge is -2.29. The molecule has 5 atom stereocenters. The Kier molecular flexibility index (Phi) is 7.39. The van der Waals surface area contributed by atoms with E-state index in [-0.39, 0.29) is 6.54 Å². The molecule has 7 N–H and O–H groups in total. The van der Waals surface area contributed by atoms with Crippen LogP contribution in [0.25, 0.3) is 0 Å². The third-order valence-electron chi connectivity index (χ3n) is 3.26. The van der Waals surface area contributed by atoms with Crippen molar-refractivity contribution in [3.63, 3.8) is 0 Å². The summed E-state index contributed by atoms with van der Waals surface area (Å²) in [6.07, 6.45) is -7.38. The van der Waals surface area contributed by atoms with Gasteiger partial charge in [0.2, 0.25) is 0 Å². The van der Waals surface area contributed by atoms with E-state index in [1.807, 2.05) is 0 Å². The molecule has 1 rings (SSSR count). The number of hydrogen-bond acceptors (Lipinski definition) is 7. The molecule has 0 heterocycles. The second kappa shape index (κ2) is 8.79. The number of aliphatic carboxylic acids is 1. The van der Waals surface area contributed by atoms with Crippen molar-refractivity contribution < 1.29 is 35.4 Å². The van der Waals surface area contributed by atoms with Crippen molar-refractivity contribution in [2.75, 3.05) is 6.61 Å². The van der Waals surface area contributed by atoms with Gasteiger partial charge >= 0.3 is 5.97 Å². The Labute approximate surface area is 127 Å². The molecule has 124 valence electrons. The van der Waals surface area contributed by atoms with Gasteiger partial charge in [0.05, 0.1) is 6.61 Å². The minimum absolute atomic E-state index is 0.125. The van der Waals surface area contributed by atoms with Crippen LogP contribution in [0.5, 0.6) is 0 Å². The normalized spacial score (nSPS) is 18.2. The Hall–Kier alpha value is -1.55. The quantitative estimate of drug-likeness (QED) is 0.268. The minimum atomic E-state index is -1.94. The molecule has 1 aromatic rings. The highest BCUT2D eigenvalue weighted by Crippen LogP contribution is 2.10. The molecule has 0 unspecified atom stereocenters. The van der Waals surface area contributed by atoms with Crippen molar-refractivity contribution >= 4 is 5.97 Å². The summed E-state index contributed by atoms with van der Waals surface area (Å²) in [6, 6.07) is 7.26. The summed E-state index contributed by atoms with van der Waals surface area (Å²) in [7, 11) is 0. The van der Waals surface area contributed by atoms with E-state index in [4.69, 9.17) is 10.2 Å². The summed E-state index contributed by atoms with van der Waals surface area (Å²) in [5.74, 6) is -1.42. The number of hydrogen-bond donors (Lipinski definition) is 7. The SMILES string of the molecule is O=C(O)[C@@H](NCc1ccccc1)[C@@H](O)[C@@H](O)[C@H](O)[C@H](O)CO. The number of carboxylic acid groups (broad SMARTS) is 1. The van der Waals surface area contributed by atoms with Gasteiger partial charge in [-0.05, 0) is 5.56 Å². The monoisotopic (exact) mass is 315 g/mol. The van der Waals surface area contributed by atoms with Crippen LogP contribution in [0.1, 0.15) is 5.56 Å². The lowest BCUT2D eigenvalue weighted by Crippen LogP contribution is -2.56.